The number of benzene rings is 2. The fraction of sp³-hybridized carbons (Fsp3) is 0.0800. The molecular weight excluding hydrogens is 470 g/mol. The Morgan fingerprint density at radius 1 is 0.971 bits per heavy atom. The number of nitrogens with one attached hydrogen (secondary N) is 2. The van der Waals surface area contributed by atoms with Gasteiger partial charge in [0.1, 0.15) is 17.2 Å². The highest BCUT2D eigenvalue weighted by Crippen LogP contribution is 2.23. The molecule has 2 heterocycles. The van der Waals surface area contributed by atoms with Gasteiger partial charge in [-0.05, 0) is 61.5 Å². The second kappa shape index (κ2) is 10.2. The normalized spacial score (nSPS) is 10.5. The lowest BCUT2D eigenvalue weighted by Gasteiger charge is -2.11. The van der Waals surface area contributed by atoms with Crippen molar-refractivity contribution in [2.24, 2.45) is 0 Å². The summed E-state index contributed by atoms with van der Waals surface area (Å²) in [6.45, 7) is 1.62. The first-order valence-corrected chi connectivity index (χ1v) is 10.9. The number of anilines is 1. The van der Waals surface area contributed by atoms with Crippen LogP contribution in [0.15, 0.2) is 77.9 Å². The van der Waals surface area contributed by atoms with E-state index >= 15 is 0 Å². The van der Waals surface area contributed by atoms with Crippen molar-refractivity contribution in [2.45, 2.75) is 6.92 Å². The molecule has 176 valence electrons. The first-order chi connectivity index (χ1) is 16.8. The molecule has 0 aliphatic heterocycles. The number of pyridine rings is 1. The van der Waals surface area contributed by atoms with Gasteiger partial charge in [0.05, 0.1) is 5.69 Å². The Kier molecular flexibility index (Phi) is 6.88. The van der Waals surface area contributed by atoms with E-state index in [1.807, 2.05) is 0 Å². The van der Waals surface area contributed by atoms with Crippen molar-refractivity contribution in [3.63, 3.8) is 0 Å². The molecule has 2 aromatic carbocycles. The second-order valence-corrected chi connectivity index (χ2v) is 7.88. The molecule has 0 aliphatic carbocycles. The molecular formula is C25H20ClN5O4. The van der Waals surface area contributed by atoms with Crippen LogP contribution in [0.25, 0.3) is 5.69 Å². The van der Waals surface area contributed by atoms with Crippen LogP contribution in [0.1, 0.15) is 26.5 Å². The number of amides is 2. The van der Waals surface area contributed by atoms with Crippen LogP contribution >= 0.6 is 11.6 Å². The van der Waals surface area contributed by atoms with Gasteiger partial charge in [0.2, 0.25) is 5.43 Å². The fourth-order valence-corrected chi connectivity index (χ4v) is 3.27. The molecule has 2 N–H and O–H groups in total. The summed E-state index contributed by atoms with van der Waals surface area (Å²) in [6, 6.07) is 16.5. The lowest BCUT2D eigenvalue weighted by molar-refractivity contribution is 0.0956. The van der Waals surface area contributed by atoms with Gasteiger partial charge in [-0.2, -0.15) is 5.10 Å². The van der Waals surface area contributed by atoms with Crippen LogP contribution in [0, 0.1) is 6.92 Å². The number of ether oxygens (including phenoxy) is 1. The zero-order valence-electron chi connectivity index (χ0n) is 18.8. The van der Waals surface area contributed by atoms with Crippen molar-refractivity contribution in [1.82, 2.24) is 20.1 Å². The van der Waals surface area contributed by atoms with Crippen LogP contribution in [0.4, 0.5) is 5.69 Å². The van der Waals surface area contributed by atoms with Gasteiger partial charge in [-0.25, -0.2) is 4.68 Å². The number of aromatic nitrogens is 3. The third-order valence-corrected chi connectivity index (χ3v) is 5.19. The number of hydrogen-bond acceptors (Lipinski definition) is 6. The van der Waals surface area contributed by atoms with Gasteiger partial charge in [0, 0.05) is 41.8 Å². The van der Waals surface area contributed by atoms with Crippen LogP contribution < -0.4 is 20.8 Å². The quantitative estimate of drug-likeness (QED) is 0.423. The number of carbonyl (C=O) groups excluding carboxylic acids is 2. The van der Waals surface area contributed by atoms with Gasteiger partial charge in [-0.1, -0.05) is 11.6 Å². The van der Waals surface area contributed by atoms with E-state index in [-0.39, 0.29) is 17.3 Å². The largest absolute Gasteiger partial charge is 0.457 e. The summed E-state index contributed by atoms with van der Waals surface area (Å²) >= 11 is 5.94. The molecule has 0 saturated carbocycles. The van der Waals surface area contributed by atoms with E-state index in [1.165, 1.54) is 24.0 Å². The summed E-state index contributed by atoms with van der Waals surface area (Å²) in [6.07, 6.45) is 3.03. The number of rotatable bonds is 6. The van der Waals surface area contributed by atoms with E-state index in [0.717, 1.165) is 0 Å². The summed E-state index contributed by atoms with van der Waals surface area (Å²) in [4.78, 5) is 41.2. The zero-order chi connectivity index (χ0) is 24.9. The van der Waals surface area contributed by atoms with Crippen molar-refractivity contribution >= 4 is 29.1 Å². The third-order valence-electron chi connectivity index (χ3n) is 4.94. The monoisotopic (exact) mass is 489 g/mol. The first kappa shape index (κ1) is 23.7. The predicted molar refractivity (Wildman–Crippen MR) is 132 cm³/mol. The Balaban J connectivity index is 1.50. The zero-order valence-corrected chi connectivity index (χ0v) is 19.5. The lowest BCUT2D eigenvalue weighted by Crippen LogP contribution is -2.27. The average molecular weight is 490 g/mol. The lowest BCUT2D eigenvalue weighted by atomic mass is 10.2. The maximum atomic E-state index is 12.8. The minimum Gasteiger partial charge on any atom is -0.457 e. The summed E-state index contributed by atoms with van der Waals surface area (Å²) in [5, 5.41) is 9.97. The van der Waals surface area contributed by atoms with Gasteiger partial charge >= 0.3 is 0 Å². The molecule has 9 nitrogen and oxygen atoms in total. The van der Waals surface area contributed by atoms with E-state index in [0.29, 0.717) is 33.5 Å². The summed E-state index contributed by atoms with van der Waals surface area (Å²) in [5.41, 5.74) is 1.00. The molecule has 4 aromatic rings. The van der Waals surface area contributed by atoms with Crippen LogP contribution in [0.3, 0.4) is 0 Å². The van der Waals surface area contributed by atoms with Crippen LogP contribution in [0.5, 0.6) is 11.5 Å². The number of hydrogen-bond donors (Lipinski definition) is 2. The Morgan fingerprint density at radius 2 is 1.69 bits per heavy atom. The number of halogens is 1. The summed E-state index contributed by atoms with van der Waals surface area (Å²) in [5.74, 6) is -0.0502. The second-order valence-electron chi connectivity index (χ2n) is 7.45. The smallest absolute Gasteiger partial charge is 0.280 e. The standard InChI is InChI=1S/C25H20ClN5O4/c1-15-14-31(18-7-3-16(26)4-8-18)30-22(23(15)32)25(34)29-17-5-9-19(10-6-17)35-20-11-12-28-21(13-20)24(33)27-2/h3-14H,1-2H3,(H,27,33)(H,29,34). The van der Waals surface area contributed by atoms with Gasteiger partial charge in [0.15, 0.2) is 5.69 Å². The van der Waals surface area contributed by atoms with Crippen molar-refractivity contribution in [3.8, 4) is 17.2 Å². The highest BCUT2D eigenvalue weighted by Gasteiger charge is 2.16. The number of carbonyl (C=O) groups is 2. The molecule has 2 amide bonds. The van der Waals surface area contributed by atoms with Crippen LogP contribution in [-0.2, 0) is 0 Å². The number of aryl methyl sites for hydroxylation is 1. The Bertz CT molecular complexity index is 1450. The van der Waals surface area contributed by atoms with E-state index in [9.17, 15) is 14.4 Å². The van der Waals surface area contributed by atoms with Crippen molar-refractivity contribution < 1.29 is 14.3 Å². The predicted octanol–water partition coefficient (Wildman–Crippen LogP) is 3.99. The first-order valence-electron chi connectivity index (χ1n) is 10.5. The summed E-state index contributed by atoms with van der Waals surface area (Å²) in [7, 11) is 1.52. The van der Waals surface area contributed by atoms with E-state index in [1.54, 1.807) is 67.7 Å². The van der Waals surface area contributed by atoms with Gasteiger partial charge in [-0.3, -0.25) is 19.4 Å². The molecule has 4 rings (SSSR count). The molecule has 35 heavy (non-hydrogen) atoms. The molecule has 0 aliphatic rings. The molecule has 0 radical (unpaired) electrons. The molecule has 2 aromatic heterocycles. The van der Waals surface area contributed by atoms with Crippen molar-refractivity contribution in [3.05, 3.63) is 105 Å². The minimum absolute atomic E-state index is 0.226. The minimum atomic E-state index is -0.639. The highest BCUT2D eigenvalue weighted by molar-refractivity contribution is 6.30. The van der Waals surface area contributed by atoms with Gasteiger partial charge in [0.25, 0.3) is 11.8 Å². The van der Waals surface area contributed by atoms with Crippen LogP contribution in [-0.4, -0.2) is 33.6 Å². The summed E-state index contributed by atoms with van der Waals surface area (Å²) < 4.78 is 7.22. The molecule has 0 fully saturated rings. The molecule has 0 unspecified atom stereocenters. The van der Waals surface area contributed by atoms with E-state index in [2.05, 4.69) is 20.7 Å². The fourth-order valence-electron chi connectivity index (χ4n) is 3.15. The Hall–Kier alpha value is -4.50. The number of nitrogens with zero attached hydrogens (tertiary/aromatic N) is 3. The Morgan fingerprint density at radius 3 is 2.37 bits per heavy atom. The molecule has 0 bridgehead atoms. The molecule has 0 saturated heterocycles. The highest BCUT2D eigenvalue weighted by atomic mass is 35.5. The maximum Gasteiger partial charge on any atom is 0.280 e. The van der Waals surface area contributed by atoms with Crippen molar-refractivity contribution in [1.29, 1.82) is 0 Å². The van der Waals surface area contributed by atoms with Gasteiger partial charge in [-0.15, -0.1) is 0 Å². The molecule has 10 heteroatoms. The maximum absolute atomic E-state index is 12.8. The van der Waals surface area contributed by atoms with Crippen LogP contribution in [0.2, 0.25) is 5.02 Å². The van der Waals surface area contributed by atoms with E-state index < -0.39 is 11.3 Å². The van der Waals surface area contributed by atoms with Crippen molar-refractivity contribution in [2.75, 3.05) is 12.4 Å². The average Bonchev–Trinajstić information content (AvgIpc) is 2.87. The SMILES string of the molecule is CNC(=O)c1cc(Oc2ccc(NC(=O)c3nn(-c4ccc(Cl)cc4)cc(C)c3=O)cc2)ccn1. The third kappa shape index (κ3) is 5.53. The van der Waals surface area contributed by atoms with E-state index in [4.69, 9.17) is 16.3 Å². The Labute approximate surface area is 205 Å². The van der Waals surface area contributed by atoms with Gasteiger partial charge < -0.3 is 15.4 Å². The molecule has 0 atom stereocenters. The topological polar surface area (TPSA) is 115 Å². The molecule has 0 spiro atoms.